The molecule has 1 saturated heterocycles. The molecule has 2 unspecified atom stereocenters. The van der Waals surface area contributed by atoms with Crippen LogP contribution in [0.25, 0.3) is 0 Å². The van der Waals surface area contributed by atoms with Gasteiger partial charge in [-0.3, -0.25) is 0 Å². The zero-order valence-electron chi connectivity index (χ0n) is 34.2. The Labute approximate surface area is 313 Å². The fraction of sp³-hybridized carbons (Fsp3) is 0.911. The third-order valence-electron chi connectivity index (χ3n) is 10.0. The molecule has 1 fully saturated rings. The molecular formula is C45H87NO4. The smallest absolute Gasteiger partial charge is 0.158 e. The number of hydrogen-bond donors (Lipinski definition) is 0. The minimum Gasteiger partial charge on any atom is -0.379 e. The SMILES string of the molecule is CCCCCCC/C=C\CCCCCCCCOCC1OC(CCCCN(C)C)OC1COCCCCCCCC/C=C\CCCCCCC. The van der Waals surface area contributed by atoms with Gasteiger partial charge < -0.3 is 23.8 Å². The van der Waals surface area contributed by atoms with E-state index < -0.39 is 0 Å². The zero-order valence-corrected chi connectivity index (χ0v) is 34.2. The van der Waals surface area contributed by atoms with Crippen molar-refractivity contribution in [3.63, 3.8) is 0 Å². The Kier molecular flexibility index (Phi) is 36.0. The van der Waals surface area contributed by atoms with Gasteiger partial charge in [-0.25, -0.2) is 0 Å². The van der Waals surface area contributed by atoms with Gasteiger partial charge in [0.05, 0.1) is 13.2 Å². The molecule has 0 amide bonds. The van der Waals surface area contributed by atoms with Crippen molar-refractivity contribution in [3.8, 4) is 0 Å². The zero-order chi connectivity index (χ0) is 36.0. The molecule has 0 aromatic heterocycles. The molecule has 1 aliphatic rings. The molecule has 0 aromatic rings. The molecule has 50 heavy (non-hydrogen) atoms. The Bertz CT molecular complexity index is 674. The highest BCUT2D eigenvalue weighted by atomic mass is 16.7. The Morgan fingerprint density at radius 2 is 0.800 bits per heavy atom. The maximum absolute atomic E-state index is 6.34. The average molecular weight is 706 g/mol. The van der Waals surface area contributed by atoms with Crippen molar-refractivity contribution < 1.29 is 18.9 Å². The number of rotatable bonds is 39. The lowest BCUT2D eigenvalue weighted by molar-refractivity contribution is -0.0847. The van der Waals surface area contributed by atoms with Gasteiger partial charge in [-0.05, 0) is 104 Å². The van der Waals surface area contributed by atoms with Crippen LogP contribution in [0.2, 0.25) is 0 Å². The maximum Gasteiger partial charge on any atom is 0.158 e. The van der Waals surface area contributed by atoms with E-state index in [4.69, 9.17) is 18.9 Å². The second-order valence-corrected chi connectivity index (χ2v) is 15.4. The van der Waals surface area contributed by atoms with Crippen LogP contribution in [0.4, 0.5) is 0 Å². The fourth-order valence-electron chi connectivity index (χ4n) is 6.71. The molecule has 0 bridgehead atoms. The first kappa shape index (κ1) is 47.3. The first-order valence-electron chi connectivity index (χ1n) is 22.1. The Morgan fingerprint density at radius 3 is 1.18 bits per heavy atom. The molecule has 1 rings (SSSR count). The summed E-state index contributed by atoms with van der Waals surface area (Å²) in [4.78, 5) is 2.24. The van der Waals surface area contributed by atoms with Crippen LogP contribution in [-0.4, -0.2) is 70.5 Å². The maximum atomic E-state index is 6.34. The minimum absolute atomic E-state index is 0.0200. The van der Waals surface area contributed by atoms with Crippen LogP contribution in [-0.2, 0) is 18.9 Å². The molecule has 0 saturated carbocycles. The predicted molar refractivity (Wildman–Crippen MR) is 217 cm³/mol. The second-order valence-electron chi connectivity index (χ2n) is 15.4. The summed E-state index contributed by atoms with van der Waals surface area (Å²) in [6.45, 7) is 8.54. The van der Waals surface area contributed by atoms with Gasteiger partial charge in [-0.15, -0.1) is 0 Å². The van der Waals surface area contributed by atoms with Crippen molar-refractivity contribution >= 4 is 0 Å². The molecule has 5 nitrogen and oxygen atoms in total. The van der Waals surface area contributed by atoms with E-state index in [-0.39, 0.29) is 18.5 Å². The van der Waals surface area contributed by atoms with E-state index in [1.165, 1.54) is 161 Å². The fourth-order valence-corrected chi connectivity index (χ4v) is 6.71. The Hall–Kier alpha value is -0.720. The number of unbranched alkanes of at least 4 members (excludes halogenated alkanes) is 23. The van der Waals surface area contributed by atoms with E-state index in [2.05, 4.69) is 57.1 Å². The molecule has 0 aliphatic carbocycles. The number of ether oxygens (including phenoxy) is 4. The molecule has 5 heteroatoms. The summed E-state index contributed by atoms with van der Waals surface area (Å²) in [6, 6.07) is 0. The molecule has 0 N–H and O–H groups in total. The van der Waals surface area contributed by atoms with Crippen LogP contribution < -0.4 is 0 Å². The summed E-state index contributed by atoms with van der Waals surface area (Å²) >= 11 is 0. The quantitative estimate of drug-likeness (QED) is 0.0470. The highest BCUT2D eigenvalue weighted by Gasteiger charge is 2.36. The molecule has 0 aromatic carbocycles. The third-order valence-corrected chi connectivity index (χ3v) is 10.0. The normalized spacial score (nSPS) is 18.1. The largest absolute Gasteiger partial charge is 0.379 e. The highest BCUT2D eigenvalue weighted by Crippen LogP contribution is 2.24. The van der Waals surface area contributed by atoms with Crippen LogP contribution in [0.1, 0.15) is 200 Å². The molecular weight excluding hydrogens is 618 g/mol. The monoisotopic (exact) mass is 706 g/mol. The molecule has 2 atom stereocenters. The molecule has 0 spiro atoms. The predicted octanol–water partition coefficient (Wildman–Crippen LogP) is 13.2. The van der Waals surface area contributed by atoms with Gasteiger partial charge in [-0.2, -0.15) is 0 Å². The van der Waals surface area contributed by atoms with E-state index in [0.717, 1.165) is 45.4 Å². The molecule has 296 valence electrons. The Morgan fingerprint density at radius 1 is 0.440 bits per heavy atom. The van der Waals surface area contributed by atoms with E-state index in [9.17, 15) is 0 Å². The molecule has 1 heterocycles. The van der Waals surface area contributed by atoms with Crippen LogP contribution in [0.3, 0.4) is 0 Å². The summed E-state index contributed by atoms with van der Waals surface area (Å²) < 4.78 is 24.9. The van der Waals surface area contributed by atoms with Crippen molar-refractivity contribution in [2.45, 2.75) is 219 Å². The van der Waals surface area contributed by atoms with E-state index in [0.29, 0.717) is 13.2 Å². The minimum atomic E-state index is -0.124. The van der Waals surface area contributed by atoms with E-state index >= 15 is 0 Å². The van der Waals surface area contributed by atoms with Gasteiger partial charge in [-0.1, -0.05) is 141 Å². The van der Waals surface area contributed by atoms with Gasteiger partial charge in [0.15, 0.2) is 6.29 Å². The number of allylic oxidation sites excluding steroid dienone is 4. The third kappa shape index (κ3) is 32.0. The summed E-state index contributed by atoms with van der Waals surface area (Å²) in [5.41, 5.74) is 0. The van der Waals surface area contributed by atoms with Gasteiger partial charge in [0.25, 0.3) is 0 Å². The van der Waals surface area contributed by atoms with Crippen LogP contribution >= 0.6 is 0 Å². The standard InChI is InChI=1S/C45H87NO4/c1-5-7-9-11-13-15-17-19-21-23-25-27-29-31-35-39-47-41-43-44(50-45(49-43)37-33-34-38-46(3)4)42-48-40-36-32-30-28-26-24-22-20-18-16-14-12-10-8-6-2/h17-20,43-45H,5-16,21-42H2,1-4H3/b19-17-,20-18-. The Balaban J connectivity index is 2.10. The van der Waals surface area contributed by atoms with Crippen LogP contribution in [0.15, 0.2) is 24.3 Å². The van der Waals surface area contributed by atoms with Crippen LogP contribution in [0, 0.1) is 0 Å². The second kappa shape index (κ2) is 38.0. The first-order valence-corrected chi connectivity index (χ1v) is 22.1. The summed E-state index contributed by atoms with van der Waals surface area (Å²) in [6.07, 6.45) is 47.0. The average Bonchev–Trinajstić information content (AvgIpc) is 3.50. The van der Waals surface area contributed by atoms with Gasteiger partial charge in [0.1, 0.15) is 12.2 Å². The topological polar surface area (TPSA) is 40.2 Å². The highest BCUT2D eigenvalue weighted by molar-refractivity contribution is 4.82. The summed E-state index contributed by atoms with van der Waals surface area (Å²) in [5.74, 6) is 0. The number of nitrogens with zero attached hydrogens (tertiary/aromatic N) is 1. The first-order chi connectivity index (χ1) is 24.7. The van der Waals surface area contributed by atoms with Gasteiger partial charge in [0, 0.05) is 13.2 Å². The van der Waals surface area contributed by atoms with E-state index in [1.54, 1.807) is 0 Å². The van der Waals surface area contributed by atoms with Crippen molar-refractivity contribution in [2.75, 3.05) is 47.1 Å². The van der Waals surface area contributed by atoms with Crippen molar-refractivity contribution in [1.82, 2.24) is 4.90 Å². The lowest BCUT2D eigenvalue weighted by Gasteiger charge is -2.17. The van der Waals surface area contributed by atoms with Gasteiger partial charge >= 0.3 is 0 Å². The van der Waals surface area contributed by atoms with Crippen molar-refractivity contribution in [2.24, 2.45) is 0 Å². The molecule has 0 radical (unpaired) electrons. The van der Waals surface area contributed by atoms with Crippen molar-refractivity contribution in [3.05, 3.63) is 24.3 Å². The van der Waals surface area contributed by atoms with E-state index in [1.807, 2.05) is 0 Å². The lowest BCUT2D eigenvalue weighted by Crippen LogP contribution is -2.32. The van der Waals surface area contributed by atoms with Crippen molar-refractivity contribution in [1.29, 1.82) is 0 Å². The number of hydrogen-bond acceptors (Lipinski definition) is 5. The van der Waals surface area contributed by atoms with Crippen LogP contribution in [0.5, 0.6) is 0 Å². The summed E-state index contributed by atoms with van der Waals surface area (Å²) in [5, 5.41) is 0. The summed E-state index contributed by atoms with van der Waals surface area (Å²) in [7, 11) is 4.27. The lowest BCUT2D eigenvalue weighted by atomic mass is 10.1. The van der Waals surface area contributed by atoms with Gasteiger partial charge in [0.2, 0.25) is 0 Å². The molecule has 1 aliphatic heterocycles.